The number of nitrogens with zero attached hydrogens (tertiary/aromatic N) is 1. The monoisotopic (exact) mass is 521 g/mol. The predicted molar refractivity (Wildman–Crippen MR) is 141 cm³/mol. The van der Waals surface area contributed by atoms with Gasteiger partial charge in [-0.25, -0.2) is 4.39 Å². The predicted octanol–water partition coefficient (Wildman–Crippen LogP) is 6.06. The molecule has 7 nitrogen and oxygen atoms in total. The average Bonchev–Trinajstić information content (AvgIpc) is 2.85. The minimum Gasteiger partial charge on any atom is -0.490 e. The normalized spacial score (nSPS) is 10.9. The molecule has 0 aromatic heterocycles. The highest BCUT2D eigenvalue weighted by atomic mass is 35.5. The largest absolute Gasteiger partial charge is 0.490 e. The van der Waals surface area contributed by atoms with Crippen LogP contribution in [0.2, 0.25) is 5.02 Å². The highest BCUT2D eigenvalue weighted by Crippen LogP contribution is 2.37. The fourth-order valence-corrected chi connectivity index (χ4v) is 3.67. The number of rotatable bonds is 9. The number of nitrogens with one attached hydrogen (secondary N) is 2. The zero-order chi connectivity index (χ0) is 26.9. The van der Waals surface area contributed by atoms with Crippen LogP contribution in [0.4, 0.5) is 15.8 Å². The molecular formula is C28H25ClFN3O4. The third-order valence-corrected chi connectivity index (χ3v) is 5.39. The van der Waals surface area contributed by atoms with Crippen LogP contribution in [0.25, 0.3) is 6.08 Å². The van der Waals surface area contributed by atoms with E-state index in [1.807, 2.05) is 38.1 Å². The maximum Gasteiger partial charge on any atom is 0.266 e. The quantitative estimate of drug-likeness (QED) is 0.263. The van der Waals surface area contributed by atoms with Crippen LogP contribution in [0.5, 0.6) is 11.5 Å². The number of ether oxygens (including phenoxy) is 2. The summed E-state index contributed by atoms with van der Waals surface area (Å²) in [6, 6.07) is 15.7. The van der Waals surface area contributed by atoms with Gasteiger partial charge in [-0.05, 0) is 80.4 Å². The summed E-state index contributed by atoms with van der Waals surface area (Å²) < 4.78 is 24.4. The van der Waals surface area contributed by atoms with E-state index in [4.69, 9.17) is 21.1 Å². The fraction of sp³-hybridized carbons (Fsp3) is 0.179. The maximum absolute atomic E-state index is 13.1. The van der Waals surface area contributed by atoms with Gasteiger partial charge in [0.2, 0.25) is 0 Å². The molecule has 0 fully saturated rings. The topological polar surface area (TPSA) is 100 Å². The number of benzene rings is 3. The zero-order valence-electron chi connectivity index (χ0n) is 20.5. The Labute approximate surface area is 219 Å². The Morgan fingerprint density at radius 1 is 1.05 bits per heavy atom. The molecule has 0 aliphatic carbocycles. The molecule has 3 aromatic carbocycles. The molecule has 0 spiro atoms. The van der Waals surface area contributed by atoms with Crippen LogP contribution in [0.15, 0.2) is 60.2 Å². The van der Waals surface area contributed by atoms with Crippen molar-refractivity contribution >= 4 is 40.9 Å². The van der Waals surface area contributed by atoms with E-state index in [1.54, 1.807) is 13.0 Å². The van der Waals surface area contributed by atoms with E-state index in [1.165, 1.54) is 36.4 Å². The molecule has 2 N–H and O–H groups in total. The van der Waals surface area contributed by atoms with Crippen LogP contribution in [0, 0.1) is 31.0 Å². The Bertz CT molecular complexity index is 1380. The number of nitriles is 1. The summed E-state index contributed by atoms with van der Waals surface area (Å²) in [6.45, 7) is 5.60. The summed E-state index contributed by atoms with van der Waals surface area (Å²) >= 11 is 6.42. The first-order chi connectivity index (χ1) is 17.7. The van der Waals surface area contributed by atoms with E-state index in [0.29, 0.717) is 16.9 Å². The Morgan fingerprint density at radius 3 is 2.43 bits per heavy atom. The van der Waals surface area contributed by atoms with Crippen LogP contribution in [0.1, 0.15) is 23.6 Å². The van der Waals surface area contributed by atoms with E-state index in [-0.39, 0.29) is 41.2 Å². The molecule has 3 aromatic rings. The smallest absolute Gasteiger partial charge is 0.266 e. The van der Waals surface area contributed by atoms with Crippen LogP contribution >= 0.6 is 11.6 Å². The molecule has 3 rings (SSSR count). The molecule has 0 atom stereocenters. The van der Waals surface area contributed by atoms with Crippen LogP contribution in [-0.4, -0.2) is 25.0 Å². The number of amides is 2. The van der Waals surface area contributed by atoms with E-state index >= 15 is 0 Å². The lowest BCUT2D eigenvalue weighted by Crippen LogP contribution is -2.21. The van der Waals surface area contributed by atoms with Crippen molar-refractivity contribution in [1.29, 1.82) is 5.26 Å². The standard InChI is InChI=1S/C28H25ClFN3O4/c1-4-36-25-14-19(12-20(15-31)28(35)32-22-8-6-21(30)7-9-22)13-23(29)27(25)37-16-26(34)33-24-10-5-17(2)11-18(24)3/h5-14H,4,16H2,1-3H3,(H,32,35)(H,33,34)/b20-12+. The average molecular weight is 522 g/mol. The van der Waals surface area contributed by atoms with Crippen molar-refractivity contribution in [1.82, 2.24) is 0 Å². The summed E-state index contributed by atoms with van der Waals surface area (Å²) in [5.41, 5.74) is 3.23. The Kier molecular flexibility index (Phi) is 9.25. The molecule has 37 heavy (non-hydrogen) atoms. The van der Waals surface area contributed by atoms with Crippen molar-refractivity contribution in [3.63, 3.8) is 0 Å². The lowest BCUT2D eigenvalue weighted by molar-refractivity contribution is -0.118. The number of halogens is 2. The Morgan fingerprint density at radius 2 is 1.78 bits per heavy atom. The Hall–Kier alpha value is -4.35. The summed E-state index contributed by atoms with van der Waals surface area (Å²) in [5.74, 6) is -1.09. The second kappa shape index (κ2) is 12.6. The van der Waals surface area contributed by atoms with Gasteiger partial charge in [0, 0.05) is 11.4 Å². The molecule has 0 heterocycles. The first-order valence-electron chi connectivity index (χ1n) is 11.3. The molecular weight excluding hydrogens is 497 g/mol. The highest BCUT2D eigenvalue weighted by molar-refractivity contribution is 6.32. The van der Waals surface area contributed by atoms with Crippen molar-refractivity contribution in [3.05, 3.63) is 87.7 Å². The van der Waals surface area contributed by atoms with Crippen molar-refractivity contribution in [2.45, 2.75) is 20.8 Å². The molecule has 2 amide bonds. The van der Waals surface area contributed by atoms with Gasteiger partial charge in [0.25, 0.3) is 11.8 Å². The first kappa shape index (κ1) is 27.2. The van der Waals surface area contributed by atoms with Gasteiger partial charge in [0.05, 0.1) is 11.6 Å². The third-order valence-electron chi connectivity index (χ3n) is 5.11. The highest BCUT2D eigenvalue weighted by Gasteiger charge is 2.16. The van der Waals surface area contributed by atoms with Crippen LogP contribution in [0.3, 0.4) is 0 Å². The number of carbonyl (C=O) groups is 2. The lowest BCUT2D eigenvalue weighted by Gasteiger charge is -2.15. The van der Waals surface area contributed by atoms with Gasteiger partial charge in [-0.15, -0.1) is 0 Å². The van der Waals surface area contributed by atoms with Gasteiger partial charge >= 0.3 is 0 Å². The molecule has 0 saturated heterocycles. The minimum absolute atomic E-state index is 0.132. The van der Waals surface area contributed by atoms with Crippen molar-refractivity contribution in [2.24, 2.45) is 0 Å². The molecule has 0 unspecified atom stereocenters. The number of hydrogen-bond donors (Lipinski definition) is 2. The molecule has 0 aliphatic rings. The maximum atomic E-state index is 13.1. The van der Waals surface area contributed by atoms with Crippen molar-refractivity contribution in [3.8, 4) is 17.6 Å². The van der Waals surface area contributed by atoms with Crippen molar-refractivity contribution < 1.29 is 23.5 Å². The van der Waals surface area contributed by atoms with Gasteiger partial charge in [-0.2, -0.15) is 5.26 Å². The summed E-state index contributed by atoms with van der Waals surface area (Å²) in [4.78, 5) is 25.0. The van der Waals surface area contributed by atoms with Crippen molar-refractivity contribution in [2.75, 3.05) is 23.8 Å². The van der Waals surface area contributed by atoms with E-state index < -0.39 is 11.7 Å². The second-order valence-electron chi connectivity index (χ2n) is 8.05. The molecule has 9 heteroatoms. The third kappa shape index (κ3) is 7.56. The molecule has 0 saturated carbocycles. The van der Waals surface area contributed by atoms with E-state index in [0.717, 1.165) is 11.1 Å². The number of hydrogen-bond acceptors (Lipinski definition) is 5. The van der Waals surface area contributed by atoms with Gasteiger partial charge < -0.3 is 20.1 Å². The van der Waals surface area contributed by atoms with Gasteiger partial charge in [0.15, 0.2) is 18.1 Å². The number of carbonyl (C=O) groups excluding carboxylic acids is 2. The zero-order valence-corrected chi connectivity index (χ0v) is 21.3. The number of anilines is 2. The van der Waals surface area contributed by atoms with Gasteiger partial charge in [0.1, 0.15) is 17.5 Å². The second-order valence-corrected chi connectivity index (χ2v) is 8.46. The van der Waals surface area contributed by atoms with Gasteiger partial charge in [-0.3, -0.25) is 9.59 Å². The molecule has 0 aliphatic heterocycles. The summed E-state index contributed by atoms with van der Waals surface area (Å²) in [5, 5.41) is 15.0. The molecule has 0 radical (unpaired) electrons. The summed E-state index contributed by atoms with van der Waals surface area (Å²) in [6.07, 6.45) is 1.34. The number of aryl methyl sites for hydroxylation is 2. The molecule has 190 valence electrons. The molecule has 0 bridgehead atoms. The first-order valence-corrected chi connectivity index (χ1v) is 11.7. The van der Waals surface area contributed by atoms with Crippen LogP contribution < -0.4 is 20.1 Å². The minimum atomic E-state index is -0.674. The fourth-order valence-electron chi connectivity index (χ4n) is 3.40. The summed E-state index contributed by atoms with van der Waals surface area (Å²) in [7, 11) is 0. The van der Waals surface area contributed by atoms with E-state index in [9.17, 15) is 19.2 Å². The van der Waals surface area contributed by atoms with Gasteiger partial charge in [-0.1, -0.05) is 29.3 Å². The Balaban J connectivity index is 1.77. The van der Waals surface area contributed by atoms with E-state index in [2.05, 4.69) is 10.6 Å². The lowest BCUT2D eigenvalue weighted by atomic mass is 10.1. The SMILES string of the molecule is CCOc1cc(/C=C(\C#N)C(=O)Nc2ccc(F)cc2)cc(Cl)c1OCC(=O)Nc1ccc(C)cc1C. The van der Waals surface area contributed by atoms with Crippen LogP contribution in [-0.2, 0) is 9.59 Å².